The fraction of sp³-hybridized carbons (Fsp3) is 0.565. The van der Waals surface area contributed by atoms with E-state index in [4.69, 9.17) is 9.73 Å². The lowest BCUT2D eigenvalue weighted by molar-refractivity contribution is 0.0355. The summed E-state index contributed by atoms with van der Waals surface area (Å²) in [5, 5.41) is 12.0. The number of hydrogen-bond acceptors (Lipinski definition) is 5. The molecular formula is C23H35N5OS. The quantitative estimate of drug-likeness (QED) is 0.441. The number of benzene rings is 1. The number of aliphatic imine (C=N–C) groups is 1. The minimum absolute atomic E-state index is 0.0271. The van der Waals surface area contributed by atoms with Gasteiger partial charge in [-0.3, -0.25) is 0 Å². The van der Waals surface area contributed by atoms with Crippen molar-refractivity contribution in [3.05, 3.63) is 51.5 Å². The van der Waals surface area contributed by atoms with Crippen LogP contribution in [0.3, 0.4) is 0 Å². The van der Waals surface area contributed by atoms with Crippen LogP contribution in [0.5, 0.6) is 0 Å². The molecule has 0 spiro atoms. The summed E-state index contributed by atoms with van der Waals surface area (Å²) in [6.07, 6.45) is 1.95. The second-order valence-corrected chi connectivity index (χ2v) is 9.25. The first-order valence-corrected chi connectivity index (χ1v) is 11.7. The Morgan fingerprint density at radius 2 is 1.93 bits per heavy atom. The van der Waals surface area contributed by atoms with Crippen molar-refractivity contribution in [2.24, 2.45) is 4.99 Å². The second kappa shape index (κ2) is 10.9. The molecule has 164 valence electrons. The van der Waals surface area contributed by atoms with Gasteiger partial charge in [0.1, 0.15) is 0 Å². The molecule has 0 saturated carbocycles. The van der Waals surface area contributed by atoms with Gasteiger partial charge in [0.05, 0.1) is 17.2 Å². The fourth-order valence-corrected chi connectivity index (χ4v) is 4.75. The van der Waals surface area contributed by atoms with Gasteiger partial charge in [-0.2, -0.15) is 0 Å². The molecule has 1 saturated heterocycles. The third-order valence-electron chi connectivity index (χ3n) is 5.59. The molecule has 2 heterocycles. The summed E-state index contributed by atoms with van der Waals surface area (Å²) >= 11 is 1.72. The molecular weight excluding hydrogens is 394 g/mol. The van der Waals surface area contributed by atoms with E-state index in [1.165, 1.54) is 10.4 Å². The average Bonchev–Trinajstić information content (AvgIpc) is 3.08. The van der Waals surface area contributed by atoms with Crippen LogP contribution in [0.1, 0.15) is 53.9 Å². The van der Waals surface area contributed by atoms with E-state index in [2.05, 4.69) is 72.0 Å². The Labute approximate surface area is 184 Å². The third kappa shape index (κ3) is 6.27. The van der Waals surface area contributed by atoms with Crippen LogP contribution in [0.2, 0.25) is 0 Å². The van der Waals surface area contributed by atoms with Gasteiger partial charge in [-0.1, -0.05) is 30.3 Å². The van der Waals surface area contributed by atoms with Gasteiger partial charge in [0.2, 0.25) is 0 Å². The number of guanidine groups is 1. The topological polar surface area (TPSA) is 70.6 Å². The van der Waals surface area contributed by atoms with Crippen LogP contribution in [0.4, 0.5) is 0 Å². The van der Waals surface area contributed by atoms with Crippen molar-refractivity contribution in [1.82, 2.24) is 20.9 Å². The number of rotatable bonds is 8. The molecule has 1 aromatic carbocycles. The van der Waals surface area contributed by atoms with E-state index < -0.39 is 0 Å². The van der Waals surface area contributed by atoms with Crippen molar-refractivity contribution in [1.29, 1.82) is 0 Å². The zero-order valence-corrected chi connectivity index (χ0v) is 19.4. The molecule has 0 bridgehead atoms. The lowest BCUT2D eigenvalue weighted by Gasteiger charge is -2.41. The Morgan fingerprint density at radius 3 is 2.57 bits per heavy atom. The molecule has 1 aromatic heterocycles. The standard InChI is InChI=1S/C23H35N5OS/c1-5-24-22(25-15-21-18(3)27-19(4)30-21)26-16-23(11-13-29-14-12-23)28-17(2)20-9-7-6-8-10-20/h6-10,17,28H,5,11-16H2,1-4H3,(H2,24,25,26). The van der Waals surface area contributed by atoms with Gasteiger partial charge in [-0.05, 0) is 46.1 Å². The summed E-state index contributed by atoms with van der Waals surface area (Å²) in [5.41, 5.74) is 2.36. The summed E-state index contributed by atoms with van der Waals surface area (Å²) in [5.74, 6) is 0.850. The highest BCUT2D eigenvalue weighted by Crippen LogP contribution is 2.25. The number of nitrogens with zero attached hydrogens (tertiary/aromatic N) is 2. The Hall–Kier alpha value is -1.96. The Bertz CT molecular complexity index is 814. The molecule has 0 aliphatic carbocycles. The van der Waals surface area contributed by atoms with Crippen molar-refractivity contribution in [3.8, 4) is 0 Å². The molecule has 30 heavy (non-hydrogen) atoms. The lowest BCUT2D eigenvalue weighted by Crippen LogP contribution is -2.58. The van der Waals surface area contributed by atoms with Crippen LogP contribution in [-0.4, -0.2) is 42.8 Å². The van der Waals surface area contributed by atoms with Gasteiger partial charge in [-0.25, -0.2) is 9.98 Å². The maximum absolute atomic E-state index is 5.67. The average molecular weight is 430 g/mol. The number of aryl methyl sites for hydroxylation is 2. The molecule has 1 unspecified atom stereocenters. The SMILES string of the molecule is CCNC(=NCc1sc(C)nc1C)NCC1(NC(C)c2ccccc2)CCOCC1. The van der Waals surface area contributed by atoms with Gasteiger partial charge in [0.25, 0.3) is 0 Å². The number of nitrogens with one attached hydrogen (secondary N) is 3. The van der Waals surface area contributed by atoms with Gasteiger partial charge in [-0.15, -0.1) is 11.3 Å². The first-order chi connectivity index (χ1) is 14.5. The van der Waals surface area contributed by atoms with Gasteiger partial charge < -0.3 is 20.7 Å². The highest BCUT2D eigenvalue weighted by molar-refractivity contribution is 7.11. The van der Waals surface area contributed by atoms with Crippen LogP contribution >= 0.6 is 11.3 Å². The Balaban J connectivity index is 1.68. The maximum atomic E-state index is 5.67. The molecule has 0 amide bonds. The maximum Gasteiger partial charge on any atom is 0.191 e. The molecule has 1 aliphatic rings. The zero-order valence-electron chi connectivity index (χ0n) is 18.6. The number of thiazole rings is 1. The first kappa shape index (κ1) is 22.7. The van der Waals surface area contributed by atoms with Crippen molar-refractivity contribution in [2.45, 2.75) is 58.7 Å². The molecule has 0 radical (unpaired) electrons. The molecule has 3 rings (SSSR count). The van der Waals surface area contributed by atoms with Crippen LogP contribution in [0.15, 0.2) is 35.3 Å². The smallest absolute Gasteiger partial charge is 0.191 e. The van der Waals surface area contributed by atoms with Gasteiger partial charge in [0, 0.05) is 42.8 Å². The molecule has 1 fully saturated rings. The normalized spacial score (nSPS) is 17.5. The van der Waals surface area contributed by atoms with E-state index in [0.29, 0.717) is 6.54 Å². The summed E-state index contributed by atoms with van der Waals surface area (Å²) in [6, 6.07) is 10.9. The van der Waals surface area contributed by atoms with Crippen LogP contribution < -0.4 is 16.0 Å². The Kier molecular flexibility index (Phi) is 8.24. The molecule has 2 aromatic rings. The van der Waals surface area contributed by atoms with Gasteiger partial charge in [0.15, 0.2) is 5.96 Å². The van der Waals surface area contributed by atoms with Crippen LogP contribution in [0, 0.1) is 13.8 Å². The predicted molar refractivity (Wildman–Crippen MR) is 125 cm³/mol. The van der Waals surface area contributed by atoms with E-state index in [1.807, 2.05) is 6.92 Å². The highest BCUT2D eigenvalue weighted by atomic mass is 32.1. The second-order valence-electron chi connectivity index (χ2n) is 7.96. The lowest BCUT2D eigenvalue weighted by atomic mass is 9.88. The summed E-state index contributed by atoms with van der Waals surface area (Å²) in [4.78, 5) is 10.6. The molecule has 1 aliphatic heterocycles. The van der Waals surface area contributed by atoms with Crippen molar-refractivity contribution >= 4 is 17.3 Å². The summed E-state index contributed by atoms with van der Waals surface area (Å²) in [7, 11) is 0. The molecule has 6 nitrogen and oxygen atoms in total. The highest BCUT2D eigenvalue weighted by Gasteiger charge is 2.34. The van der Waals surface area contributed by atoms with E-state index >= 15 is 0 Å². The fourth-order valence-electron chi connectivity index (χ4n) is 3.88. The van der Waals surface area contributed by atoms with Crippen molar-refractivity contribution < 1.29 is 4.74 Å². The Morgan fingerprint density at radius 1 is 1.20 bits per heavy atom. The summed E-state index contributed by atoms with van der Waals surface area (Å²) < 4.78 is 5.67. The number of hydrogen-bond donors (Lipinski definition) is 3. The minimum Gasteiger partial charge on any atom is -0.381 e. The van der Waals surface area contributed by atoms with Gasteiger partial charge >= 0.3 is 0 Å². The van der Waals surface area contributed by atoms with Crippen molar-refractivity contribution in [2.75, 3.05) is 26.3 Å². The largest absolute Gasteiger partial charge is 0.381 e. The third-order valence-corrected chi connectivity index (χ3v) is 6.65. The van der Waals surface area contributed by atoms with E-state index in [-0.39, 0.29) is 11.6 Å². The van der Waals surface area contributed by atoms with Crippen LogP contribution in [-0.2, 0) is 11.3 Å². The van der Waals surface area contributed by atoms with E-state index in [0.717, 1.165) is 55.8 Å². The monoisotopic (exact) mass is 429 g/mol. The molecule has 7 heteroatoms. The predicted octanol–water partition coefficient (Wildman–Crippen LogP) is 3.72. The molecule has 1 atom stereocenters. The first-order valence-electron chi connectivity index (χ1n) is 10.9. The van der Waals surface area contributed by atoms with E-state index in [9.17, 15) is 0 Å². The molecule has 3 N–H and O–H groups in total. The van der Waals surface area contributed by atoms with E-state index in [1.54, 1.807) is 11.3 Å². The van der Waals surface area contributed by atoms with Crippen LogP contribution in [0.25, 0.3) is 0 Å². The van der Waals surface area contributed by atoms with Crippen molar-refractivity contribution in [3.63, 3.8) is 0 Å². The zero-order chi connectivity index (χ0) is 21.4. The number of aromatic nitrogens is 1. The minimum atomic E-state index is -0.0271. The summed E-state index contributed by atoms with van der Waals surface area (Å²) in [6.45, 7) is 12.3. The number of ether oxygens (including phenoxy) is 1.